The first-order valence-electron chi connectivity index (χ1n) is 9.62. The van der Waals surface area contributed by atoms with Crippen molar-refractivity contribution < 1.29 is 19.4 Å². The van der Waals surface area contributed by atoms with Crippen molar-refractivity contribution in [1.29, 1.82) is 0 Å². The fraction of sp³-hybridized carbons (Fsp3) is 0.476. The van der Waals surface area contributed by atoms with Crippen LogP contribution in [-0.2, 0) is 9.59 Å². The van der Waals surface area contributed by atoms with Gasteiger partial charge in [-0.15, -0.1) is 0 Å². The molecule has 2 rings (SSSR count). The molecule has 1 amide bonds. The van der Waals surface area contributed by atoms with Gasteiger partial charge < -0.3 is 9.84 Å². The fourth-order valence-electron chi connectivity index (χ4n) is 3.01. The number of amides is 1. The second-order valence-electron chi connectivity index (χ2n) is 6.73. The largest absolute Gasteiger partial charge is 0.497 e. The van der Waals surface area contributed by atoms with E-state index in [9.17, 15) is 9.59 Å². The van der Waals surface area contributed by atoms with Crippen LogP contribution in [0.3, 0.4) is 0 Å². The van der Waals surface area contributed by atoms with Gasteiger partial charge in [0, 0.05) is 13.0 Å². The van der Waals surface area contributed by atoms with Crippen molar-refractivity contribution in [2.75, 3.05) is 13.7 Å². The Kier molecular flexibility index (Phi) is 9.50. The van der Waals surface area contributed by atoms with Gasteiger partial charge in [0.2, 0.25) is 0 Å². The van der Waals surface area contributed by atoms with Crippen LogP contribution >= 0.6 is 24.0 Å². The van der Waals surface area contributed by atoms with Gasteiger partial charge in [0.1, 0.15) is 10.1 Å². The zero-order valence-corrected chi connectivity index (χ0v) is 17.8. The molecule has 1 heterocycles. The molecule has 1 N–H and O–H groups in total. The zero-order chi connectivity index (χ0) is 20.4. The molecule has 1 aromatic carbocycles. The first kappa shape index (κ1) is 22.4. The van der Waals surface area contributed by atoms with Crippen molar-refractivity contribution in [3.8, 4) is 5.75 Å². The summed E-state index contributed by atoms with van der Waals surface area (Å²) in [4.78, 5) is 25.4. The number of carboxylic acid groups (broad SMARTS) is 1. The SMILES string of the molecule is COc1cccc(/C=C2\SC(=S)N(CCCCCCCCCC(=O)O)C2=O)c1. The van der Waals surface area contributed by atoms with E-state index in [0.717, 1.165) is 56.3 Å². The number of carbonyl (C=O) groups is 2. The van der Waals surface area contributed by atoms with Crippen molar-refractivity contribution in [2.45, 2.75) is 51.4 Å². The second kappa shape index (κ2) is 11.9. The molecule has 0 spiro atoms. The number of thiocarbonyl (C=S) groups is 1. The summed E-state index contributed by atoms with van der Waals surface area (Å²) < 4.78 is 5.84. The summed E-state index contributed by atoms with van der Waals surface area (Å²) in [5.41, 5.74) is 0.919. The highest BCUT2D eigenvalue weighted by molar-refractivity contribution is 8.26. The number of nitrogens with zero attached hydrogens (tertiary/aromatic N) is 1. The van der Waals surface area contributed by atoms with Crippen LogP contribution in [0.2, 0.25) is 0 Å². The Labute approximate surface area is 176 Å². The number of unbranched alkanes of at least 4 members (excludes halogenated alkanes) is 6. The van der Waals surface area contributed by atoms with Crippen LogP contribution in [0.25, 0.3) is 6.08 Å². The van der Waals surface area contributed by atoms with E-state index < -0.39 is 5.97 Å². The van der Waals surface area contributed by atoms with Crippen LogP contribution in [-0.4, -0.2) is 39.9 Å². The van der Waals surface area contributed by atoms with Gasteiger partial charge in [-0.05, 0) is 36.6 Å². The lowest BCUT2D eigenvalue weighted by atomic mass is 10.1. The number of methoxy groups -OCH3 is 1. The molecule has 1 aliphatic rings. The fourth-order valence-corrected chi connectivity index (χ4v) is 4.31. The van der Waals surface area contributed by atoms with E-state index in [2.05, 4.69) is 0 Å². The predicted octanol–water partition coefficient (Wildman–Crippen LogP) is 5.10. The molecule has 0 saturated carbocycles. The quantitative estimate of drug-likeness (QED) is 0.288. The number of benzene rings is 1. The van der Waals surface area contributed by atoms with Crippen molar-refractivity contribution in [2.24, 2.45) is 0 Å². The van der Waals surface area contributed by atoms with Crippen LogP contribution in [0.15, 0.2) is 29.2 Å². The van der Waals surface area contributed by atoms with Gasteiger partial charge in [0.25, 0.3) is 5.91 Å². The lowest BCUT2D eigenvalue weighted by molar-refractivity contribution is -0.137. The van der Waals surface area contributed by atoms with Gasteiger partial charge >= 0.3 is 5.97 Å². The molecule has 5 nitrogen and oxygen atoms in total. The smallest absolute Gasteiger partial charge is 0.303 e. The van der Waals surface area contributed by atoms with Crippen molar-refractivity contribution in [3.05, 3.63) is 34.7 Å². The minimum Gasteiger partial charge on any atom is -0.497 e. The molecule has 1 aliphatic heterocycles. The first-order chi connectivity index (χ1) is 13.5. The summed E-state index contributed by atoms with van der Waals surface area (Å²) in [5, 5.41) is 8.60. The third-order valence-electron chi connectivity index (χ3n) is 4.54. The third-order valence-corrected chi connectivity index (χ3v) is 5.92. The standard InChI is InChI=1S/C21H27NO4S2/c1-26-17-11-9-10-16(14-17)15-18-20(25)22(21(27)28-18)13-8-6-4-2-3-5-7-12-19(23)24/h9-11,14-15H,2-8,12-13H2,1H3,(H,23,24)/b18-15-. The summed E-state index contributed by atoms with van der Waals surface area (Å²) in [6.07, 6.45) is 9.09. The summed E-state index contributed by atoms with van der Waals surface area (Å²) in [6.45, 7) is 0.652. The number of thioether (sulfide) groups is 1. The van der Waals surface area contributed by atoms with E-state index in [-0.39, 0.29) is 12.3 Å². The van der Waals surface area contributed by atoms with Crippen LogP contribution in [0.4, 0.5) is 0 Å². The molecule has 1 aromatic rings. The van der Waals surface area contributed by atoms with Gasteiger partial charge in [-0.1, -0.05) is 68.2 Å². The van der Waals surface area contributed by atoms with Gasteiger partial charge in [0.15, 0.2) is 0 Å². The summed E-state index contributed by atoms with van der Waals surface area (Å²) in [7, 11) is 1.62. The van der Waals surface area contributed by atoms with Crippen LogP contribution in [0.5, 0.6) is 5.75 Å². The van der Waals surface area contributed by atoms with Crippen molar-refractivity contribution >= 4 is 46.3 Å². The minimum absolute atomic E-state index is 0.0218. The molecule has 1 fully saturated rings. The molecule has 0 aliphatic carbocycles. The molecule has 1 saturated heterocycles. The van der Waals surface area contributed by atoms with E-state index in [1.807, 2.05) is 30.3 Å². The molecule has 0 radical (unpaired) electrons. The summed E-state index contributed by atoms with van der Waals surface area (Å²) >= 11 is 6.73. The number of aliphatic carboxylic acids is 1. The number of carboxylic acids is 1. The molecule has 0 bridgehead atoms. The highest BCUT2D eigenvalue weighted by Gasteiger charge is 2.31. The summed E-state index contributed by atoms with van der Waals surface area (Å²) in [6, 6.07) is 7.59. The average Bonchev–Trinajstić information content (AvgIpc) is 2.93. The Balaban J connectivity index is 1.72. The van der Waals surface area contributed by atoms with E-state index >= 15 is 0 Å². The van der Waals surface area contributed by atoms with Crippen LogP contribution in [0, 0.1) is 0 Å². The number of hydrogen-bond acceptors (Lipinski definition) is 5. The molecule has 7 heteroatoms. The van der Waals surface area contributed by atoms with E-state index in [1.54, 1.807) is 12.0 Å². The number of ether oxygens (including phenoxy) is 1. The maximum atomic E-state index is 12.6. The molecule has 0 aromatic heterocycles. The molecular formula is C21H27NO4S2. The Morgan fingerprint density at radius 2 is 1.86 bits per heavy atom. The van der Waals surface area contributed by atoms with Crippen LogP contribution < -0.4 is 4.74 Å². The van der Waals surface area contributed by atoms with Gasteiger partial charge in [-0.2, -0.15) is 0 Å². The highest BCUT2D eigenvalue weighted by atomic mass is 32.2. The van der Waals surface area contributed by atoms with Gasteiger partial charge in [-0.3, -0.25) is 14.5 Å². The Hall–Kier alpha value is -1.86. The minimum atomic E-state index is -0.719. The van der Waals surface area contributed by atoms with E-state index in [0.29, 0.717) is 15.8 Å². The Morgan fingerprint density at radius 3 is 2.54 bits per heavy atom. The zero-order valence-electron chi connectivity index (χ0n) is 16.2. The summed E-state index contributed by atoms with van der Waals surface area (Å²) in [5.74, 6) is 0.0163. The van der Waals surface area contributed by atoms with Gasteiger partial charge in [0.05, 0.1) is 12.0 Å². The van der Waals surface area contributed by atoms with Crippen LogP contribution in [0.1, 0.15) is 56.9 Å². The predicted molar refractivity (Wildman–Crippen MR) is 117 cm³/mol. The molecule has 0 atom stereocenters. The third kappa shape index (κ3) is 7.28. The van der Waals surface area contributed by atoms with Gasteiger partial charge in [-0.25, -0.2) is 0 Å². The van der Waals surface area contributed by atoms with Crippen molar-refractivity contribution in [3.63, 3.8) is 0 Å². The number of carbonyl (C=O) groups excluding carboxylic acids is 1. The van der Waals surface area contributed by atoms with E-state index in [1.165, 1.54) is 11.8 Å². The monoisotopic (exact) mass is 421 g/mol. The highest BCUT2D eigenvalue weighted by Crippen LogP contribution is 2.33. The lowest BCUT2D eigenvalue weighted by Gasteiger charge is -2.14. The molecule has 152 valence electrons. The molecule has 0 unspecified atom stereocenters. The molecule has 28 heavy (non-hydrogen) atoms. The molecular weight excluding hydrogens is 394 g/mol. The lowest BCUT2D eigenvalue weighted by Crippen LogP contribution is -2.29. The number of hydrogen-bond donors (Lipinski definition) is 1. The maximum Gasteiger partial charge on any atom is 0.303 e. The Morgan fingerprint density at radius 1 is 1.18 bits per heavy atom. The van der Waals surface area contributed by atoms with Crippen molar-refractivity contribution in [1.82, 2.24) is 4.90 Å². The topological polar surface area (TPSA) is 66.8 Å². The van der Waals surface area contributed by atoms with E-state index in [4.69, 9.17) is 22.1 Å². The Bertz CT molecular complexity index is 733. The second-order valence-corrected chi connectivity index (χ2v) is 8.40. The normalized spacial score (nSPS) is 15.5. The maximum absolute atomic E-state index is 12.6. The first-order valence-corrected chi connectivity index (χ1v) is 10.8. The average molecular weight is 422 g/mol. The number of rotatable bonds is 12.